The quantitative estimate of drug-likeness (QED) is 0.322. The van der Waals surface area contributed by atoms with E-state index in [9.17, 15) is 14.7 Å². The van der Waals surface area contributed by atoms with E-state index in [1.165, 1.54) is 19.1 Å². The zero-order chi connectivity index (χ0) is 24.2. The van der Waals surface area contributed by atoms with Crippen LogP contribution in [-0.4, -0.2) is 43.0 Å². The van der Waals surface area contributed by atoms with Gasteiger partial charge in [-0.15, -0.1) is 0 Å². The van der Waals surface area contributed by atoms with Gasteiger partial charge < -0.3 is 24.2 Å². The molecule has 174 valence electrons. The van der Waals surface area contributed by atoms with E-state index in [0.717, 1.165) is 5.56 Å². The molecule has 3 aromatic carbocycles. The summed E-state index contributed by atoms with van der Waals surface area (Å²) in [6.07, 6.45) is 0. The second kappa shape index (κ2) is 9.70. The number of methoxy groups -OCH3 is 3. The summed E-state index contributed by atoms with van der Waals surface area (Å²) < 4.78 is 16.1. The van der Waals surface area contributed by atoms with E-state index in [1.54, 1.807) is 37.4 Å². The Kier molecular flexibility index (Phi) is 6.54. The number of nitrogens with zero attached hydrogens (tertiary/aromatic N) is 1. The van der Waals surface area contributed by atoms with Crippen molar-refractivity contribution in [3.63, 3.8) is 0 Å². The van der Waals surface area contributed by atoms with Gasteiger partial charge in [-0.25, -0.2) is 0 Å². The molecule has 0 spiro atoms. The SMILES string of the molecule is COc1ccc(CN2C(=O)C(=O)/C(=C(/O)c3c(OC)cccc3OC)C2c2ccccc2)cc1. The highest BCUT2D eigenvalue weighted by molar-refractivity contribution is 6.46. The highest BCUT2D eigenvalue weighted by Gasteiger charge is 2.46. The summed E-state index contributed by atoms with van der Waals surface area (Å²) >= 11 is 0. The number of likely N-dealkylation sites (tertiary alicyclic amines) is 1. The number of hydrogen-bond donors (Lipinski definition) is 1. The van der Waals surface area contributed by atoms with Crippen LogP contribution in [0.1, 0.15) is 22.7 Å². The van der Waals surface area contributed by atoms with Gasteiger partial charge in [-0.1, -0.05) is 48.5 Å². The van der Waals surface area contributed by atoms with E-state index in [2.05, 4.69) is 0 Å². The van der Waals surface area contributed by atoms with Crippen molar-refractivity contribution in [3.8, 4) is 17.2 Å². The lowest BCUT2D eigenvalue weighted by molar-refractivity contribution is -0.140. The molecule has 0 aliphatic carbocycles. The minimum absolute atomic E-state index is 0.0208. The van der Waals surface area contributed by atoms with Gasteiger partial charge >= 0.3 is 0 Å². The molecule has 1 atom stereocenters. The molecule has 1 aliphatic rings. The average molecular weight is 459 g/mol. The van der Waals surface area contributed by atoms with E-state index in [0.29, 0.717) is 22.8 Å². The fourth-order valence-corrected chi connectivity index (χ4v) is 4.17. The van der Waals surface area contributed by atoms with E-state index in [1.807, 2.05) is 42.5 Å². The summed E-state index contributed by atoms with van der Waals surface area (Å²) in [5, 5.41) is 11.4. The smallest absolute Gasteiger partial charge is 0.295 e. The second-order valence-corrected chi connectivity index (χ2v) is 7.72. The molecule has 1 heterocycles. The number of carbonyl (C=O) groups excluding carboxylic acids is 2. The molecule has 7 heteroatoms. The zero-order valence-corrected chi connectivity index (χ0v) is 19.1. The summed E-state index contributed by atoms with van der Waals surface area (Å²) in [5.74, 6) is -0.477. The number of ether oxygens (including phenoxy) is 3. The van der Waals surface area contributed by atoms with Gasteiger partial charge in [0.2, 0.25) is 0 Å². The summed E-state index contributed by atoms with van der Waals surface area (Å²) in [4.78, 5) is 28.0. The fourth-order valence-electron chi connectivity index (χ4n) is 4.17. The average Bonchev–Trinajstić information content (AvgIpc) is 3.13. The molecule has 1 unspecified atom stereocenters. The number of benzene rings is 3. The Morgan fingerprint density at radius 1 is 0.824 bits per heavy atom. The number of amides is 1. The number of aliphatic hydroxyl groups excluding tert-OH is 1. The summed E-state index contributed by atoms with van der Waals surface area (Å²) in [7, 11) is 4.50. The number of rotatable bonds is 7. The van der Waals surface area contributed by atoms with E-state index >= 15 is 0 Å². The maximum atomic E-state index is 13.3. The highest BCUT2D eigenvalue weighted by Crippen LogP contribution is 2.43. The third-order valence-corrected chi connectivity index (χ3v) is 5.83. The van der Waals surface area contributed by atoms with Crippen LogP contribution in [0.5, 0.6) is 17.2 Å². The van der Waals surface area contributed by atoms with Crippen molar-refractivity contribution in [1.82, 2.24) is 4.90 Å². The topological polar surface area (TPSA) is 85.3 Å². The molecule has 0 bridgehead atoms. The lowest BCUT2D eigenvalue weighted by Gasteiger charge is -2.26. The van der Waals surface area contributed by atoms with Crippen molar-refractivity contribution in [2.75, 3.05) is 21.3 Å². The number of carbonyl (C=O) groups is 2. The van der Waals surface area contributed by atoms with Gasteiger partial charge in [-0.2, -0.15) is 0 Å². The molecule has 0 saturated carbocycles. The number of ketones is 1. The Morgan fingerprint density at radius 3 is 2.00 bits per heavy atom. The summed E-state index contributed by atoms with van der Waals surface area (Å²) in [5.41, 5.74) is 1.72. The molecule has 34 heavy (non-hydrogen) atoms. The standard InChI is InChI=1S/C27H25NO6/c1-32-19-14-12-17(13-15-19)16-28-24(18-8-5-4-6-9-18)23(26(30)27(28)31)25(29)22-20(33-2)10-7-11-21(22)34-3/h4-15,24,29H,16H2,1-3H3/b25-23+. The van der Waals surface area contributed by atoms with Crippen molar-refractivity contribution >= 4 is 17.4 Å². The Bertz CT molecular complexity index is 1210. The highest BCUT2D eigenvalue weighted by atomic mass is 16.5. The van der Waals surface area contributed by atoms with Gasteiger partial charge in [0.1, 0.15) is 28.6 Å². The van der Waals surface area contributed by atoms with Gasteiger partial charge in [-0.3, -0.25) is 9.59 Å². The van der Waals surface area contributed by atoms with Crippen LogP contribution in [0.4, 0.5) is 0 Å². The summed E-state index contributed by atoms with van der Waals surface area (Å²) in [6, 6.07) is 20.6. The first-order chi connectivity index (χ1) is 16.5. The lowest BCUT2D eigenvalue weighted by Crippen LogP contribution is -2.29. The van der Waals surface area contributed by atoms with Crippen molar-refractivity contribution in [1.29, 1.82) is 0 Å². The van der Waals surface area contributed by atoms with Crippen molar-refractivity contribution in [3.05, 3.63) is 95.1 Å². The van der Waals surface area contributed by atoms with Crippen molar-refractivity contribution < 1.29 is 28.9 Å². The Morgan fingerprint density at radius 2 is 1.44 bits per heavy atom. The van der Waals surface area contributed by atoms with Crippen LogP contribution in [0.3, 0.4) is 0 Å². The largest absolute Gasteiger partial charge is 0.506 e. The molecule has 4 rings (SSSR count). The Labute approximate surface area is 197 Å². The van der Waals surface area contributed by atoms with Crippen molar-refractivity contribution in [2.24, 2.45) is 0 Å². The third kappa shape index (κ3) is 4.08. The van der Waals surface area contributed by atoms with Crippen molar-refractivity contribution in [2.45, 2.75) is 12.6 Å². The molecule has 1 fully saturated rings. The summed E-state index contributed by atoms with van der Waals surface area (Å²) in [6.45, 7) is 0.175. The maximum Gasteiger partial charge on any atom is 0.295 e. The molecule has 1 saturated heterocycles. The van der Waals surface area contributed by atoms with Gasteiger partial charge in [0.25, 0.3) is 11.7 Å². The monoisotopic (exact) mass is 459 g/mol. The molecule has 0 aromatic heterocycles. The maximum absolute atomic E-state index is 13.3. The van der Waals surface area contributed by atoms with Gasteiger partial charge in [0.05, 0.1) is 32.9 Å². The number of aliphatic hydroxyl groups is 1. The lowest BCUT2D eigenvalue weighted by atomic mass is 9.94. The van der Waals surface area contributed by atoms with Gasteiger partial charge in [-0.05, 0) is 35.4 Å². The molecule has 1 aliphatic heterocycles. The van der Waals surface area contributed by atoms with Gasteiger partial charge in [0.15, 0.2) is 0 Å². The van der Waals surface area contributed by atoms with E-state index in [4.69, 9.17) is 14.2 Å². The Hall–Kier alpha value is -4.26. The normalized spacial score (nSPS) is 17.0. The molecular weight excluding hydrogens is 434 g/mol. The van der Waals surface area contributed by atoms with Crippen LogP contribution < -0.4 is 14.2 Å². The van der Waals surface area contributed by atoms with Gasteiger partial charge in [0, 0.05) is 6.54 Å². The van der Waals surface area contributed by atoms with Crippen LogP contribution in [-0.2, 0) is 16.1 Å². The predicted molar refractivity (Wildman–Crippen MR) is 127 cm³/mol. The Balaban J connectivity index is 1.88. The molecule has 3 aromatic rings. The van der Waals surface area contributed by atoms with Crippen LogP contribution in [0.15, 0.2) is 78.4 Å². The van der Waals surface area contributed by atoms with E-state index in [-0.39, 0.29) is 23.4 Å². The molecule has 1 amide bonds. The van der Waals surface area contributed by atoms with Crippen LogP contribution in [0.25, 0.3) is 5.76 Å². The van der Waals surface area contributed by atoms with E-state index < -0.39 is 17.7 Å². The third-order valence-electron chi connectivity index (χ3n) is 5.83. The first-order valence-corrected chi connectivity index (χ1v) is 10.7. The zero-order valence-electron chi connectivity index (χ0n) is 19.1. The van der Waals surface area contributed by atoms with Crippen LogP contribution in [0, 0.1) is 0 Å². The minimum atomic E-state index is -0.794. The second-order valence-electron chi connectivity index (χ2n) is 7.72. The first-order valence-electron chi connectivity index (χ1n) is 10.7. The molecule has 1 N–H and O–H groups in total. The molecular formula is C27H25NO6. The van der Waals surface area contributed by atoms with Crippen LogP contribution >= 0.6 is 0 Å². The molecule has 7 nitrogen and oxygen atoms in total. The number of Topliss-reactive ketones (excluding diaryl/α,β-unsaturated/α-hetero) is 1. The number of hydrogen-bond acceptors (Lipinski definition) is 6. The predicted octanol–water partition coefficient (Wildman–Crippen LogP) is 4.33. The molecule has 0 radical (unpaired) electrons. The minimum Gasteiger partial charge on any atom is -0.506 e. The first kappa shape index (κ1) is 22.9. The van der Waals surface area contributed by atoms with Crippen LogP contribution in [0.2, 0.25) is 0 Å². The fraction of sp³-hybridized carbons (Fsp3) is 0.185.